The summed E-state index contributed by atoms with van der Waals surface area (Å²) in [5.41, 5.74) is 3.40. The molecule has 1 nitrogen and oxygen atoms in total. The Morgan fingerprint density at radius 3 is 1.68 bits per heavy atom. The molecule has 2 aromatic rings. The summed E-state index contributed by atoms with van der Waals surface area (Å²) < 4.78 is -0.799. The number of hydrogen-bond acceptors (Lipinski definition) is 1. The Balaban J connectivity index is 2.05. The van der Waals surface area contributed by atoms with E-state index in [2.05, 4.69) is 0 Å². The highest BCUT2D eigenvalue weighted by Crippen LogP contribution is 2.71. The molecule has 0 radical (unpaired) electrons. The average Bonchev–Trinajstić information content (AvgIpc) is 3.02. The van der Waals surface area contributed by atoms with Gasteiger partial charge in [-0.3, -0.25) is 4.79 Å². The van der Waals surface area contributed by atoms with Gasteiger partial charge in [-0.15, -0.1) is 23.2 Å². The third-order valence-electron chi connectivity index (χ3n) is 4.13. The molecule has 3 heteroatoms. The van der Waals surface area contributed by atoms with Crippen LogP contribution >= 0.6 is 23.2 Å². The van der Waals surface area contributed by atoms with Crippen LogP contribution in [0.2, 0.25) is 0 Å². The Bertz CT molecular complexity index is 648. The van der Waals surface area contributed by atoms with Crippen molar-refractivity contribution < 1.29 is 4.79 Å². The van der Waals surface area contributed by atoms with Gasteiger partial charge < -0.3 is 0 Å². The van der Waals surface area contributed by atoms with Crippen molar-refractivity contribution >= 4 is 29.0 Å². The van der Waals surface area contributed by atoms with Crippen LogP contribution in [-0.4, -0.2) is 10.1 Å². The van der Waals surface area contributed by atoms with Gasteiger partial charge >= 0.3 is 0 Å². The van der Waals surface area contributed by atoms with Gasteiger partial charge in [0.1, 0.15) is 4.33 Å². The smallest absolute Gasteiger partial charge is 0.193 e. The second-order valence-corrected chi connectivity index (χ2v) is 6.58. The number of alkyl halides is 2. The largest absolute Gasteiger partial charge is 0.289 e. The number of hydrogen-bond donors (Lipinski definition) is 0. The van der Waals surface area contributed by atoms with Gasteiger partial charge in [0.15, 0.2) is 5.78 Å². The van der Waals surface area contributed by atoms with Gasteiger partial charge in [0.05, 0.1) is 0 Å². The minimum Gasteiger partial charge on any atom is -0.289 e. The number of ketones is 1. The van der Waals surface area contributed by atoms with Crippen molar-refractivity contribution in [2.45, 2.75) is 16.2 Å². The zero-order valence-corrected chi connectivity index (χ0v) is 11.4. The highest BCUT2D eigenvalue weighted by molar-refractivity contribution is 6.52. The summed E-state index contributed by atoms with van der Waals surface area (Å²) in [4.78, 5) is 12.6. The van der Waals surface area contributed by atoms with Crippen molar-refractivity contribution in [1.29, 1.82) is 0 Å². The Hall–Kier alpha value is -1.31. The highest BCUT2D eigenvalue weighted by atomic mass is 35.5. The van der Waals surface area contributed by atoms with Crippen molar-refractivity contribution in [3.05, 3.63) is 70.8 Å². The summed E-state index contributed by atoms with van der Waals surface area (Å²) in [5, 5.41) is 0. The van der Waals surface area contributed by atoms with Crippen LogP contribution in [0.25, 0.3) is 0 Å². The number of fused-ring (bicyclic) bond motifs is 5. The predicted octanol–water partition coefficient (Wildman–Crippen LogP) is 4.29. The molecule has 19 heavy (non-hydrogen) atoms. The van der Waals surface area contributed by atoms with Crippen LogP contribution in [0, 0.1) is 0 Å². The van der Waals surface area contributed by atoms with Crippen LogP contribution in [0.15, 0.2) is 48.5 Å². The third kappa shape index (κ3) is 1.40. The van der Waals surface area contributed by atoms with Crippen LogP contribution in [0.1, 0.15) is 38.9 Å². The number of benzene rings is 2. The molecule has 94 valence electrons. The molecule has 0 aliphatic heterocycles. The van der Waals surface area contributed by atoms with Gasteiger partial charge in [-0.2, -0.15) is 0 Å². The van der Waals surface area contributed by atoms with Crippen molar-refractivity contribution in [1.82, 2.24) is 0 Å². The molecular formula is C16H10Cl2O. The van der Waals surface area contributed by atoms with E-state index in [-0.39, 0.29) is 17.6 Å². The molecule has 0 amide bonds. The van der Waals surface area contributed by atoms with E-state index in [4.69, 9.17) is 23.2 Å². The maximum atomic E-state index is 12.6. The minimum atomic E-state index is -0.799. The van der Waals surface area contributed by atoms with E-state index in [0.29, 0.717) is 0 Å². The summed E-state index contributed by atoms with van der Waals surface area (Å²) >= 11 is 12.9. The molecule has 2 aromatic carbocycles. The topological polar surface area (TPSA) is 17.1 Å². The maximum Gasteiger partial charge on any atom is 0.193 e. The Kier molecular flexibility index (Phi) is 2.19. The van der Waals surface area contributed by atoms with Crippen molar-refractivity contribution in [3.63, 3.8) is 0 Å². The normalized spacial score (nSPS) is 25.9. The first-order valence-corrected chi connectivity index (χ1v) is 6.98. The van der Waals surface area contributed by atoms with E-state index in [1.54, 1.807) is 0 Å². The van der Waals surface area contributed by atoms with Crippen molar-refractivity contribution in [3.8, 4) is 0 Å². The molecule has 0 unspecified atom stereocenters. The number of halogens is 2. The SMILES string of the molecule is O=C1c2ccccc2[C@H]2[C@H](c3ccccc31)C2(Cl)Cl. The first-order chi connectivity index (χ1) is 9.12. The standard InChI is InChI=1S/C16H10Cl2O/c17-16(18)13-9-5-1-3-7-11(9)15(19)12-8-4-2-6-10(12)14(13)16/h1-8,13-14H/t13-,14-/m0/s1. The first-order valence-electron chi connectivity index (χ1n) is 6.22. The summed E-state index contributed by atoms with van der Waals surface area (Å²) in [6, 6.07) is 15.3. The van der Waals surface area contributed by atoms with Gasteiger partial charge in [-0.1, -0.05) is 48.5 Å². The van der Waals surface area contributed by atoms with Crippen LogP contribution < -0.4 is 0 Å². The van der Waals surface area contributed by atoms with Crippen LogP contribution in [0.4, 0.5) is 0 Å². The van der Waals surface area contributed by atoms with Gasteiger partial charge in [-0.05, 0) is 11.1 Å². The molecule has 0 bridgehead atoms. The molecule has 2 atom stereocenters. The lowest BCUT2D eigenvalue weighted by atomic mass is 9.96. The summed E-state index contributed by atoms with van der Waals surface area (Å²) in [5.74, 6) is 0.0989. The quantitative estimate of drug-likeness (QED) is 0.661. The van der Waals surface area contributed by atoms with E-state index in [9.17, 15) is 4.79 Å². The lowest BCUT2D eigenvalue weighted by molar-refractivity contribution is 0.103. The molecule has 0 spiro atoms. The summed E-state index contributed by atoms with van der Waals surface area (Å²) in [6.07, 6.45) is 0. The minimum absolute atomic E-state index is 0.0135. The van der Waals surface area contributed by atoms with Crippen LogP contribution in [-0.2, 0) is 0 Å². The molecular weight excluding hydrogens is 279 g/mol. The monoisotopic (exact) mass is 288 g/mol. The van der Waals surface area contributed by atoms with E-state index in [1.165, 1.54) is 0 Å². The van der Waals surface area contributed by atoms with Gasteiger partial charge in [-0.25, -0.2) is 0 Å². The molecule has 2 aliphatic rings. The molecule has 1 saturated carbocycles. The molecule has 0 aromatic heterocycles. The average molecular weight is 289 g/mol. The lowest BCUT2D eigenvalue weighted by Gasteiger charge is -2.10. The molecule has 0 saturated heterocycles. The molecule has 4 rings (SSSR count). The van der Waals surface area contributed by atoms with E-state index in [1.807, 2.05) is 48.5 Å². The van der Waals surface area contributed by atoms with E-state index in [0.717, 1.165) is 22.3 Å². The molecule has 2 aliphatic carbocycles. The number of rotatable bonds is 0. The van der Waals surface area contributed by atoms with E-state index >= 15 is 0 Å². The van der Waals surface area contributed by atoms with Crippen LogP contribution in [0.3, 0.4) is 0 Å². The van der Waals surface area contributed by atoms with Crippen molar-refractivity contribution in [2.24, 2.45) is 0 Å². The van der Waals surface area contributed by atoms with E-state index < -0.39 is 4.33 Å². The number of carbonyl (C=O) groups is 1. The zero-order valence-electron chi connectivity index (χ0n) is 9.94. The van der Waals surface area contributed by atoms with Crippen molar-refractivity contribution in [2.75, 3.05) is 0 Å². The fourth-order valence-corrected chi connectivity index (χ4v) is 4.04. The lowest BCUT2D eigenvalue weighted by Crippen LogP contribution is -2.08. The summed E-state index contributed by atoms with van der Waals surface area (Å²) in [7, 11) is 0. The predicted molar refractivity (Wildman–Crippen MR) is 76.2 cm³/mol. The van der Waals surface area contributed by atoms with Crippen LogP contribution in [0.5, 0.6) is 0 Å². The first kappa shape index (κ1) is 11.5. The molecule has 0 heterocycles. The second kappa shape index (κ2) is 3.62. The zero-order chi connectivity index (χ0) is 13.2. The number of carbonyl (C=O) groups excluding carboxylic acids is 1. The molecule has 0 N–H and O–H groups in total. The maximum absolute atomic E-state index is 12.6. The Labute approximate surface area is 121 Å². The molecule has 1 fully saturated rings. The van der Waals surface area contributed by atoms with Gasteiger partial charge in [0.2, 0.25) is 0 Å². The fourth-order valence-electron chi connectivity index (χ4n) is 3.20. The highest BCUT2D eigenvalue weighted by Gasteiger charge is 2.66. The fraction of sp³-hybridized carbons (Fsp3) is 0.188. The summed E-state index contributed by atoms with van der Waals surface area (Å²) in [6.45, 7) is 0. The third-order valence-corrected chi connectivity index (χ3v) is 5.07. The Morgan fingerprint density at radius 1 is 0.789 bits per heavy atom. The van der Waals surface area contributed by atoms with Gasteiger partial charge in [0.25, 0.3) is 0 Å². The second-order valence-electron chi connectivity index (χ2n) is 5.13. The van der Waals surface area contributed by atoms with Gasteiger partial charge in [0, 0.05) is 23.0 Å². The Morgan fingerprint density at radius 2 is 1.21 bits per heavy atom.